The molecule has 0 unspecified atom stereocenters. The number of aliphatic imine (C=N–C) groups is 1. The van der Waals surface area contributed by atoms with Gasteiger partial charge >= 0.3 is 22.4 Å². The number of halogens is 5. The van der Waals surface area contributed by atoms with Gasteiger partial charge in [0.1, 0.15) is 17.2 Å². The zero-order valence-electron chi connectivity index (χ0n) is 16.6. The molecule has 0 spiro atoms. The van der Waals surface area contributed by atoms with Crippen LogP contribution in [-0.2, 0) is 21.2 Å². The molecule has 1 N–H and O–H groups in total. The van der Waals surface area contributed by atoms with Crippen molar-refractivity contribution in [1.82, 2.24) is 13.6 Å². The Kier molecular flexibility index (Phi) is 5.89. The molecule has 2 aliphatic rings. The van der Waals surface area contributed by atoms with Gasteiger partial charge in [0, 0.05) is 23.4 Å². The molecule has 17 heteroatoms. The second-order valence-corrected chi connectivity index (χ2v) is 10.2. The van der Waals surface area contributed by atoms with Crippen LogP contribution in [0.3, 0.4) is 0 Å². The van der Waals surface area contributed by atoms with Gasteiger partial charge in [-0.15, -0.1) is 11.3 Å². The van der Waals surface area contributed by atoms with Crippen molar-refractivity contribution >= 4 is 55.5 Å². The number of hydrogen-bond acceptors (Lipinski definition) is 7. The Labute approximate surface area is 196 Å². The molecule has 9 nitrogen and oxygen atoms in total. The van der Waals surface area contributed by atoms with Crippen molar-refractivity contribution in [3.8, 4) is 11.3 Å². The zero-order chi connectivity index (χ0) is 25.0. The summed E-state index contributed by atoms with van der Waals surface area (Å²) in [5, 5.41) is 4.56. The van der Waals surface area contributed by atoms with Crippen LogP contribution < -0.4 is 5.32 Å². The van der Waals surface area contributed by atoms with Gasteiger partial charge in [0.15, 0.2) is 10.3 Å². The van der Waals surface area contributed by atoms with E-state index < -0.39 is 57.5 Å². The lowest BCUT2D eigenvalue weighted by atomic mass is 10.1. The second-order valence-electron chi connectivity index (χ2n) is 6.69. The van der Waals surface area contributed by atoms with Crippen LogP contribution in [-0.4, -0.2) is 46.2 Å². The van der Waals surface area contributed by atoms with Crippen LogP contribution in [0.25, 0.3) is 11.3 Å². The summed E-state index contributed by atoms with van der Waals surface area (Å²) in [5.74, 6) is -4.37. The third-order valence-electron chi connectivity index (χ3n) is 4.52. The van der Waals surface area contributed by atoms with E-state index in [1.165, 1.54) is 5.41 Å². The molecular weight excluding hydrogens is 529 g/mol. The fourth-order valence-corrected chi connectivity index (χ4v) is 6.05. The molecule has 0 bridgehead atoms. The van der Waals surface area contributed by atoms with E-state index >= 15 is 0 Å². The number of nitrogens with one attached hydrogen (secondary N) is 1. The summed E-state index contributed by atoms with van der Waals surface area (Å²) in [6.07, 6.45) is -5.74. The van der Waals surface area contributed by atoms with Gasteiger partial charge in [-0.1, -0.05) is 11.8 Å². The molecule has 2 aromatic rings. The molecule has 3 heterocycles. The van der Waals surface area contributed by atoms with E-state index in [1.54, 1.807) is 0 Å². The van der Waals surface area contributed by atoms with Gasteiger partial charge in [-0.25, -0.2) is 27.2 Å². The predicted octanol–water partition coefficient (Wildman–Crippen LogP) is 3.99. The SMILES string of the molecule is CN1C(=O)N=C2SC=C(CC(=O)Nc3nc(-c4ccc(F)c(C(F)(F)F)c4F)cs3)N2S1(=O)=O. The Bertz CT molecular complexity index is 1390. The zero-order valence-corrected chi connectivity index (χ0v) is 19.0. The first-order chi connectivity index (χ1) is 15.8. The maximum absolute atomic E-state index is 14.4. The van der Waals surface area contributed by atoms with Crippen LogP contribution in [0, 0.1) is 11.6 Å². The molecule has 0 aliphatic carbocycles. The summed E-state index contributed by atoms with van der Waals surface area (Å²) in [7, 11) is -3.26. The molecule has 0 atom stereocenters. The Morgan fingerprint density at radius 3 is 2.62 bits per heavy atom. The fraction of sp³-hybridized carbons (Fsp3) is 0.176. The first-order valence-electron chi connectivity index (χ1n) is 8.89. The van der Waals surface area contributed by atoms with Crippen LogP contribution in [0.4, 0.5) is 31.9 Å². The maximum Gasteiger partial charge on any atom is 0.422 e. The van der Waals surface area contributed by atoms with E-state index in [0.29, 0.717) is 10.4 Å². The number of hydrogen-bond donors (Lipinski definition) is 1. The lowest BCUT2D eigenvalue weighted by Gasteiger charge is -2.29. The molecule has 0 fully saturated rings. The Morgan fingerprint density at radius 1 is 1.24 bits per heavy atom. The van der Waals surface area contributed by atoms with E-state index in [-0.39, 0.29) is 21.7 Å². The molecule has 2 aliphatic heterocycles. The third kappa shape index (κ3) is 4.14. The van der Waals surface area contributed by atoms with Crippen LogP contribution >= 0.6 is 23.1 Å². The van der Waals surface area contributed by atoms with E-state index in [4.69, 9.17) is 0 Å². The molecule has 0 saturated heterocycles. The van der Waals surface area contributed by atoms with Gasteiger partial charge in [0.25, 0.3) is 0 Å². The van der Waals surface area contributed by atoms with Crippen LogP contribution in [0.15, 0.2) is 33.6 Å². The van der Waals surface area contributed by atoms with Crippen molar-refractivity contribution in [2.45, 2.75) is 12.6 Å². The number of carbonyl (C=O) groups is 2. The minimum atomic E-state index is -5.26. The molecule has 1 aromatic carbocycles. The van der Waals surface area contributed by atoms with Gasteiger partial charge in [-0.3, -0.25) is 4.79 Å². The van der Waals surface area contributed by atoms with Gasteiger partial charge in [-0.2, -0.15) is 26.6 Å². The number of thiazole rings is 1. The number of amidine groups is 1. The number of aromatic nitrogens is 1. The van der Waals surface area contributed by atoms with Crippen LogP contribution in [0.2, 0.25) is 0 Å². The summed E-state index contributed by atoms with van der Waals surface area (Å²) in [6, 6.07) is 0.263. The number of carbonyl (C=O) groups excluding carboxylic acids is 2. The highest BCUT2D eigenvalue weighted by atomic mass is 32.2. The minimum Gasteiger partial charge on any atom is -0.302 e. The lowest BCUT2D eigenvalue weighted by molar-refractivity contribution is -0.142. The maximum atomic E-state index is 14.4. The number of rotatable bonds is 4. The van der Waals surface area contributed by atoms with Crippen molar-refractivity contribution in [2.75, 3.05) is 12.4 Å². The predicted molar refractivity (Wildman–Crippen MR) is 113 cm³/mol. The van der Waals surface area contributed by atoms with Crippen molar-refractivity contribution < 1.29 is 40.0 Å². The highest BCUT2D eigenvalue weighted by molar-refractivity contribution is 8.17. The number of fused-ring (bicyclic) bond motifs is 1. The molecular formula is C17H10F5N5O4S3. The first kappa shape index (κ1) is 24.1. The van der Waals surface area contributed by atoms with E-state index in [1.807, 2.05) is 0 Å². The van der Waals surface area contributed by atoms with E-state index in [2.05, 4.69) is 15.3 Å². The lowest BCUT2D eigenvalue weighted by Crippen LogP contribution is -2.48. The average Bonchev–Trinajstić information content (AvgIpc) is 3.33. The molecule has 180 valence electrons. The van der Waals surface area contributed by atoms with Gasteiger partial charge < -0.3 is 5.32 Å². The minimum absolute atomic E-state index is 0.00298. The Balaban J connectivity index is 1.52. The quantitative estimate of drug-likeness (QED) is 0.588. The third-order valence-corrected chi connectivity index (χ3v) is 7.98. The van der Waals surface area contributed by atoms with Crippen molar-refractivity contribution in [1.29, 1.82) is 0 Å². The largest absolute Gasteiger partial charge is 0.422 e. The summed E-state index contributed by atoms with van der Waals surface area (Å²) < 4.78 is 92.8. The van der Waals surface area contributed by atoms with Crippen LogP contribution in [0.1, 0.15) is 12.0 Å². The van der Waals surface area contributed by atoms with Gasteiger partial charge in [-0.05, 0) is 12.1 Å². The first-order valence-corrected chi connectivity index (χ1v) is 12.0. The topological polar surface area (TPSA) is 112 Å². The number of thioether (sulfide) groups is 1. The van der Waals surface area contributed by atoms with E-state index in [0.717, 1.165) is 45.9 Å². The number of nitrogens with zero attached hydrogens (tertiary/aromatic N) is 4. The normalized spacial score (nSPS) is 17.4. The summed E-state index contributed by atoms with van der Waals surface area (Å²) in [4.78, 5) is 31.6. The Morgan fingerprint density at radius 2 is 1.94 bits per heavy atom. The molecule has 34 heavy (non-hydrogen) atoms. The van der Waals surface area contributed by atoms with Crippen molar-refractivity contribution in [3.05, 3.63) is 45.8 Å². The Hall–Kier alpha value is -3.05. The van der Waals surface area contributed by atoms with Gasteiger partial charge in [0.2, 0.25) is 5.91 Å². The smallest absolute Gasteiger partial charge is 0.302 e. The molecule has 0 saturated carbocycles. The van der Waals surface area contributed by atoms with E-state index in [9.17, 15) is 40.0 Å². The molecule has 0 radical (unpaired) electrons. The molecule has 3 amide bonds. The van der Waals surface area contributed by atoms with Crippen molar-refractivity contribution in [2.24, 2.45) is 4.99 Å². The average molecular weight is 539 g/mol. The van der Waals surface area contributed by atoms with Crippen LogP contribution in [0.5, 0.6) is 0 Å². The molecule has 1 aromatic heterocycles. The highest BCUT2D eigenvalue weighted by Crippen LogP contribution is 2.38. The molecule has 4 rings (SSSR count). The monoisotopic (exact) mass is 539 g/mol. The number of amides is 3. The number of urea groups is 1. The number of anilines is 1. The summed E-state index contributed by atoms with van der Waals surface area (Å²) >= 11 is 1.59. The summed E-state index contributed by atoms with van der Waals surface area (Å²) in [6.45, 7) is 0. The fourth-order valence-electron chi connectivity index (χ4n) is 2.94. The second kappa shape index (κ2) is 8.31. The van der Waals surface area contributed by atoms with Gasteiger partial charge in [0.05, 0.1) is 17.8 Å². The standard InChI is InChI=1S/C17H10F5N5O4S3/c1-26-15(29)25-16-27(34(26,30)31)7(5-33-16)4-11(28)24-14-23-10(6-32-14)8-2-3-9(18)12(13(8)19)17(20,21)22/h2-3,5-6H,4H2,1H3,(H,23,24,28). The summed E-state index contributed by atoms with van der Waals surface area (Å²) in [5.41, 5.74) is -2.95. The number of benzene rings is 1. The number of alkyl halides is 3. The highest BCUT2D eigenvalue weighted by Gasteiger charge is 2.43. The van der Waals surface area contributed by atoms with Crippen molar-refractivity contribution in [3.63, 3.8) is 0 Å².